The van der Waals surface area contributed by atoms with Crippen molar-refractivity contribution in [3.05, 3.63) is 83.6 Å². The highest BCUT2D eigenvalue weighted by Gasteiger charge is 2.22. The molecule has 2 aromatic carbocycles. The van der Waals surface area contributed by atoms with Gasteiger partial charge in [-0.2, -0.15) is 5.26 Å². The highest BCUT2D eigenvalue weighted by Crippen LogP contribution is 2.32. The standard InChI is InChI=1S/C28H35N5O/c1-19(2)30-18-21(4)31-28(34)32-27-16-26(9-6-20(27)3)22(5)33-14-12-25(13-15-33)24-10-7-23(17-29)8-11-24/h6-11,16,21,25,30H,1,5,12-15,18H2,2-4H3,(H2,31,32,34). The lowest BCUT2D eigenvalue weighted by molar-refractivity contribution is 0.249. The van der Waals surface area contributed by atoms with Gasteiger partial charge in [-0.3, -0.25) is 0 Å². The molecule has 1 unspecified atom stereocenters. The molecule has 2 aromatic rings. The van der Waals surface area contributed by atoms with Crippen LogP contribution in [0.3, 0.4) is 0 Å². The summed E-state index contributed by atoms with van der Waals surface area (Å²) in [5.41, 5.74) is 6.63. The van der Waals surface area contributed by atoms with Crippen LogP contribution in [-0.2, 0) is 0 Å². The van der Waals surface area contributed by atoms with Gasteiger partial charge in [0, 0.05) is 42.8 Å². The molecule has 0 saturated carbocycles. The molecule has 0 aliphatic carbocycles. The molecule has 0 spiro atoms. The molecule has 178 valence electrons. The summed E-state index contributed by atoms with van der Waals surface area (Å²) < 4.78 is 0. The first kappa shape index (κ1) is 24.9. The smallest absolute Gasteiger partial charge is 0.319 e. The number of nitrogens with zero attached hydrogens (tertiary/aromatic N) is 2. The molecule has 2 amide bonds. The zero-order chi connectivity index (χ0) is 24.7. The van der Waals surface area contributed by atoms with Gasteiger partial charge in [-0.15, -0.1) is 0 Å². The number of amides is 2. The minimum atomic E-state index is -0.231. The van der Waals surface area contributed by atoms with E-state index in [0.717, 1.165) is 54.1 Å². The summed E-state index contributed by atoms with van der Waals surface area (Å²) in [6, 6.07) is 15.9. The van der Waals surface area contributed by atoms with Gasteiger partial charge in [0.05, 0.1) is 11.6 Å². The lowest BCUT2D eigenvalue weighted by atomic mass is 9.88. The SMILES string of the molecule is C=C(C)NCC(C)NC(=O)Nc1cc(C(=C)N2CCC(c3ccc(C#N)cc3)CC2)ccc1C. The number of urea groups is 1. The molecule has 3 N–H and O–H groups in total. The highest BCUT2D eigenvalue weighted by molar-refractivity contribution is 5.91. The van der Waals surface area contributed by atoms with E-state index in [1.54, 1.807) is 0 Å². The quantitative estimate of drug-likeness (QED) is 0.499. The van der Waals surface area contributed by atoms with Crippen LogP contribution in [0.25, 0.3) is 5.70 Å². The van der Waals surface area contributed by atoms with Gasteiger partial charge in [0.25, 0.3) is 0 Å². The molecule has 0 bridgehead atoms. The summed E-state index contributed by atoms with van der Waals surface area (Å²) in [5.74, 6) is 0.497. The first-order valence-corrected chi connectivity index (χ1v) is 11.8. The first-order valence-electron chi connectivity index (χ1n) is 11.8. The lowest BCUT2D eigenvalue weighted by Gasteiger charge is -2.35. The van der Waals surface area contributed by atoms with Crippen molar-refractivity contribution in [2.45, 2.75) is 45.6 Å². The van der Waals surface area contributed by atoms with Crippen LogP contribution in [0, 0.1) is 18.3 Å². The predicted octanol–water partition coefficient (Wildman–Crippen LogP) is 5.35. The van der Waals surface area contributed by atoms with Crippen LogP contribution < -0.4 is 16.0 Å². The van der Waals surface area contributed by atoms with Crippen molar-refractivity contribution in [3.63, 3.8) is 0 Å². The Hall–Kier alpha value is -3.72. The molecule has 1 atom stereocenters. The number of hydrogen-bond donors (Lipinski definition) is 3. The summed E-state index contributed by atoms with van der Waals surface area (Å²) in [5, 5.41) is 18.1. The number of aryl methyl sites for hydroxylation is 1. The molecule has 34 heavy (non-hydrogen) atoms. The number of rotatable bonds is 8. The summed E-state index contributed by atoms with van der Waals surface area (Å²) in [6.07, 6.45) is 2.08. The topological polar surface area (TPSA) is 80.2 Å². The zero-order valence-corrected chi connectivity index (χ0v) is 20.4. The Morgan fingerprint density at radius 2 is 1.85 bits per heavy atom. The van der Waals surface area contributed by atoms with Gasteiger partial charge in [0.2, 0.25) is 0 Å². The second-order valence-corrected chi connectivity index (χ2v) is 9.13. The number of nitriles is 1. The van der Waals surface area contributed by atoms with Crippen molar-refractivity contribution in [2.24, 2.45) is 0 Å². The zero-order valence-electron chi connectivity index (χ0n) is 20.4. The van der Waals surface area contributed by atoms with E-state index in [-0.39, 0.29) is 12.1 Å². The van der Waals surface area contributed by atoms with Crippen LogP contribution >= 0.6 is 0 Å². The average molecular weight is 458 g/mol. The van der Waals surface area contributed by atoms with Crippen LogP contribution in [0.5, 0.6) is 0 Å². The van der Waals surface area contributed by atoms with Gasteiger partial charge in [0.1, 0.15) is 0 Å². The largest absolute Gasteiger partial charge is 0.387 e. The van der Waals surface area contributed by atoms with E-state index in [1.165, 1.54) is 5.56 Å². The van der Waals surface area contributed by atoms with Crippen LogP contribution in [0.15, 0.2) is 61.3 Å². The third-order valence-corrected chi connectivity index (χ3v) is 6.29. The number of carbonyl (C=O) groups is 1. The fraction of sp³-hybridized carbons (Fsp3) is 0.357. The predicted molar refractivity (Wildman–Crippen MR) is 139 cm³/mol. The summed E-state index contributed by atoms with van der Waals surface area (Å²) in [4.78, 5) is 14.8. The lowest BCUT2D eigenvalue weighted by Crippen LogP contribution is -2.41. The first-order chi connectivity index (χ1) is 16.3. The Balaban J connectivity index is 1.58. The van der Waals surface area contributed by atoms with Crippen LogP contribution in [0.4, 0.5) is 10.5 Å². The highest BCUT2D eigenvalue weighted by atomic mass is 16.2. The molecule has 0 radical (unpaired) electrons. The van der Waals surface area contributed by atoms with E-state index < -0.39 is 0 Å². The maximum atomic E-state index is 12.5. The fourth-order valence-corrected chi connectivity index (χ4v) is 4.19. The maximum Gasteiger partial charge on any atom is 0.319 e. The van der Waals surface area contributed by atoms with Crippen molar-refractivity contribution in [1.82, 2.24) is 15.5 Å². The van der Waals surface area contributed by atoms with Crippen LogP contribution in [-0.4, -0.2) is 36.6 Å². The molecule has 3 rings (SSSR count). The van der Waals surface area contributed by atoms with E-state index in [9.17, 15) is 4.79 Å². The normalized spacial score (nSPS) is 14.6. The van der Waals surface area contributed by atoms with Gasteiger partial charge in [-0.05, 0) is 74.4 Å². The number of anilines is 1. The second kappa shape index (κ2) is 11.4. The van der Waals surface area contributed by atoms with Gasteiger partial charge in [-0.1, -0.05) is 37.4 Å². The van der Waals surface area contributed by atoms with Crippen molar-refractivity contribution in [1.29, 1.82) is 5.26 Å². The Kier molecular flexibility index (Phi) is 8.37. The van der Waals surface area contributed by atoms with E-state index in [4.69, 9.17) is 5.26 Å². The number of allylic oxidation sites excluding steroid dienone is 1. The average Bonchev–Trinajstić information content (AvgIpc) is 2.84. The van der Waals surface area contributed by atoms with E-state index in [2.05, 4.69) is 58.3 Å². The van der Waals surface area contributed by atoms with Crippen molar-refractivity contribution >= 4 is 17.4 Å². The molecular formula is C28H35N5O. The van der Waals surface area contributed by atoms with Crippen molar-refractivity contribution in [3.8, 4) is 6.07 Å². The van der Waals surface area contributed by atoms with Crippen LogP contribution in [0.2, 0.25) is 0 Å². The minimum absolute atomic E-state index is 0.0347. The molecule has 6 nitrogen and oxygen atoms in total. The minimum Gasteiger partial charge on any atom is -0.387 e. The molecule has 1 aliphatic heterocycles. The van der Waals surface area contributed by atoms with Gasteiger partial charge >= 0.3 is 6.03 Å². The van der Waals surface area contributed by atoms with E-state index in [1.807, 2.05) is 45.0 Å². The summed E-state index contributed by atoms with van der Waals surface area (Å²) >= 11 is 0. The van der Waals surface area contributed by atoms with E-state index in [0.29, 0.717) is 18.0 Å². The summed E-state index contributed by atoms with van der Waals surface area (Å²) in [7, 11) is 0. The fourth-order valence-electron chi connectivity index (χ4n) is 4.19. The van der Waals surface area contributed by atoms with Gasteiger partial charge in [-0.25, -0.2) is 4.79 Å². The number of carbonyl (C=O) groups excluding carboxylic acids is 1. The number of piperidine rings is 1. The maximum absolute atomic E-state index is 12.5. The molecular weight excluding hydrogens is 422 g/mol. The monoisotopic (exact) mass is 457 g/mol. The third-order valence-electron chi connectivity index (χ3n) is 6.29. The molecule has 6 heteroatoms. The Morgan fingerprint density at radius 3 is 2.47 bits per heavy atom. The van der Waals surface area contributed by atoms with Crippen LogP contribution in [0.1, 0.15) is 54.9 Å². The van der Waals surface area contributed by atoms with E-state index >= 15 is 0 Å². The Labute approximate surface area is 203 Å². The molecule has 1 saturated heterocycles. The molecule has 1 fully saturated rings. The molecule has 1 heterocycles. The number of hydrogen-bond acceptors (Lipinski definition) is 4. The number of likely N-dealkylation sites (tertiary alicyclic amines) is 1. The number of nitrogens with one attached hydrogen (secondary N) is 3. The molecule has 0 aromatic heterocycles. The van der Waals surface area contributed by atoms with Crippen molar-refractivity contribution < 1.29 is 4.79 Å². The Bertz CT molecular complexity index is 1070. The molecule has 1 aliphatic rings. The third kappa shape index (κ3) is 6.64. The number of benzene rings is 2. The van der Waals surface area contributed by atoms with Gasteiger partial charge < -0.3 is 20.9 Å². The summed E-state index contributed by atoms with van der Waals surface area (Å²) in [6.45, 7) is 16.5. The Morgan fingerprint density at radius 1 is 1.18 bits per heavy atom. The van der Waals surface area contributed by atoms with Gasteiger partial charge in [0.15, 0.2) is 0 Å². The van der Waals surface area contributed by atoms with Crippen molar-refractivity contribution in [2.75, 3.05) is 25.0 Å². The second-order valence-electron chi connectivity index (χ2n) is 9.13.